The molecule has 1 atom stereocenters. The molecular formula is C20H26N4O3. The van der Waals surface area contributed by atoms with Crippen LogP contribution in [0, 0.1) is 6.92 Å². The number of nitrogens with one attached hydrogen (secondary N) is 1. The monoisotopic (exact) mass is 370 g/mol. The van der Waals surface area contributed by atoms with Crippen molar-refractivity contribution in [2.75, 3.05) is 31.5 Å². The van der Waals surface area contributed by atoms with E-state index >= 15 is 0 Å². The molecule has 0 radical (unpaired) electrons. The Balaban J connectivity index is 1.52. The normalized spacial score (nSPS) is 16.9. The fourth-order valence-electron chi connectivity index (χ4n) is 3.35. The number of hydrogen-bond donors (Lipinski definition) is 1. The number of ketones is 1. The molecule has 7 heteroatoms. The molecule has 0 spiro atoms. The van der Waals surface area contributed by atoms with Gasteiger partial charge >= 0.3 is 0 Å². The summed E-state index contributed by atoms with van der Waals surface area (Å²) in [5, 5.41) is 6.64. The molecule has 27 heavy (non-hydrogen) atoms. The number of nitrogens with zero attached hydrogens (tertiary/aromatic N) is 3. The lowest BCUT2D eigenvalue weighted by molar-refractivity contribution is -0.114. The first kappa shape index (κ1) is 19.3. The zero-order chi connectivity index (χ0) is 19.4. The minimum atomic E-state index is -0.175. The van der Waals surface area contributed by atoms with E-state index in [1.165, 1.54) is 6.92 Å². The molecule has 1 saturated heterocycles. The number of rotatable bonds is 6. The van der Waals surface area contributed by atoms with Gasteiger partial charge in [0.05, 0.1) is 18.3 Å². The highest BCUT2D eigenvalue weighted by atomic mass is 16.5. The Kier molecular flexibility index (Phi) is 6.03. The maximum absolute atomic E-state index is 12.8. The predicted octanol–water partition coefficient (Wildman–Crippen LogP) is 2.33. The number of anilines is 1. The molecule has 1 aliphatic rings. The highest BCUT2D eigenvalue weighted by molar-refractivity contribution is 6.00. The molecule has 0 bridgehead atoms. The highest BCUT2D eigenvalue weighted by Gasteiger charge is 2.26. The molecule has 144 valence electrons. The second-order valence-corrected chi connectivity index (χ2v) is 7.05. The van der Waals surface area contributed by atoms with Gasteiger partial charge in [-0.1, -0.05) is 5.16 Å². The average Bonchev–Trinajstić information content (AvgIpc) is 3.06. The van der Waals surface area contributed by atoms with Crippen molar-refractivity contribution < 1.29 is 14.1 Å². The Morgan fingerprint density at radius 2 is 1.85 bits per heavy atom. The van der Waals surface area contributed by atoms with Crippen LogP contribution in [-0.2, 0) is 11.3 Å². The van der Waals surface area contributed by atoms with E-state index in [1.807, 2.05) is 19.9 Å². The minimum absolute atomic E-state index is 0.101. The van der Waals surface area contributed by atoms with Gasteiger partial charge < -0.3 is 9.84 Å². The lowest BCUT2D eigenvalue weighted by atomic mass is 10.0. The van der Waals surface area contributed by atoms with Gasteiger partial charge in [-0.15, -0.1) is 0 Å². The molecule has 3 rings (SSSR count). The van der Waals surface area contributed by atoms with E-state index in [0.29, 0.717) is 11.3 Å². The van der Waals surface area contributed by atoms with Crippen molar-refractivity contribution in [2.24, 2.45) is 0 Å². The summed E-state index contributed by atoms with van der Waals surface area (Å²) in [5.74, 6) is 0.855. The van der Waals surface area contributed by atoms with Crippen LogP contribution >= 0.6 is 0 Å². The topological polar surface area (TPSA) is 78.7 Å². The maximum Gasteiger partial charge on any atom is 0.221 e. The maximum atomic E-state index is 12.8. The second kappa shape index (κ2) is 8.45. The van der Waals surface area contributed by atoms with Crippen LogP contribution in [0.25, 0.3) is 0 Å². The lowest BCUT2D eigenvalue weighted by Crippen LogP contribution is -2.51. The van der Waals surface area contributed by atoms with Gasteiger partial charge in [0, 0.05) is 50.4 Å². The number of benzene rings is 1. The summed E-state index contributed by atoms with van der Waals surface area (Å²) in [6, 6.07) is 8.85. The summed E-state index contributed by atoms with van der Waals surface area (Å²) in [5.41, 5.74) is 2.26. The van der Waals surface area contributed by atoms with Crippen molar-refractivity contribution in [1.29, 1.82) is 0 Å². The van der Waals surface area contributed by atoms with E-state index in [-0.39, 0.29) is 17.7 Å². The van der Waals surface area contributed by atoms with Gasteiger partial charge in [0.15, 0.2) is 11.5 Å². The third kappa shape index (κ3) is 5.02. The minimum Gasteiger partial charge on any atom is -0.360 e. The second-order valence-electron chi connectivity index (χ2n) is 7.05. The first-order valence-corrected chi connectivity index (χ1v) is 9.23. The van der Waals surface area contributed by atoms with Gasteiger partial charge in [-0.25, -0.2) is 0 Å². The highest BCUT2D eigenvalue weighted by Crippen LogP contribution is 2.16. The largest absolute Gasteiger partial charge is 0.360 e. The van der Waals surface area contributed by atoms with E-state index in [4.69, 9.17) is 4.52 Å². The zero-order valence-electron chi connectivity index (χ0n) is 16.1. The van der Waals surface area contributed by atoms with E-state index < -0.39 is 0 Å². The SMILES string of the molecule is CC(=O)Nc1ccc(C(=O)[C@H](C)N2CCN(Cc3cc(C)no3)CC2)cc1. The summed E-state index contributed by atoms with van der Waals surface area (Å²) in [6.07, 6.45) is 0. The molecule has 2 aromatic rings. The van der Waals surface area contributed by atoms with Crippen molar-refractivity contribution in [3.05, 3.63) is 47.3 Å². The molecule has 1 N–H and O–H groups in total. The van der Waals surface area contributed by atoms with Gasteiger partial charge in [0.2, 0.25) is 5.91 Å². The third-order valence-corrected chi connectivity index (χ3v) is 4.88. The summed E-state index contributed by atoms with van der Waals surface area (Å²) < 4.78 is 5.29. The molecule has 1 aromatic carbocycles. The first-order chi connectivity index (χ1) is 12.9. The van der Waals surface area contributed by atoms with Crippen molar-refractivity contribution in [3.8, 4) is 0 Å². The Morgan fingerprint density at radius 1 is 1.19 bits per heavy atom. The van der Waals surface area contributed by atoms with Crippen LogP contribution in [0.2, 0.25) is 0 Å². The number of amides is 1. The standard InChI is InChI=1S/C20H26N4O3/c1-14-12-19(27-22-14)13-23-8-10-24(11-9-23)15(2)20(26)17-4-6-18(7-5-17)21-16(3)25/h4-7,12,15H,8-11,13H2,1-3H3,(H,21,25)/t15-/m0/s1. The quantitative estimate of drug-likeness (QED) is 0.787. The van der Waals surface area contributed by atoms with Crippen molar-refractivity contribution in [2.45, 2.75) is 33.4 Å². The molecule has 0 unspecified atom stereocenters. The third-order valence-electron chi connectivity index (χ3n) is 4.88. The molecule has 0 saturated carbocycles. The molecular weight excluding hydrogens is 344 g/mol. The summed E-state index contributed by atoms with van der Waals surface area (Å²) >= 11 is 0. The molecule has 1 amide bonds. The molecule has 0 aliphatic carbocycles. The van der Waals surface area contributed by atoms with Crippen LogP contribution in [0.3, 0.4) is 0 Å². The average molecular weight is 370 g/mol. The van der Waals surface area contributed by atoms with Crippen LogP contribution in [0.5, 0.6) is 0 Å². The van der Waals surface area contributed by atoms with Crippen LogP contribution in [0.4, 0.5) is 5.69 Å². The number of aromatic nitrogens is 1. The van der Waals surface area contributed by atoms with Crippen LogP contribution < -0.4 is 5.32 Å². The van der Waals surface area contributed by atoms with Crippen molar-refractivity contribution in [1.82, 2.24) is 15.0 Å². The van der Waals surface area contributed by atoms with E-state index in [9.17, 15) is 9.59 Å². The number of aryl methyl sites for hydroxylation is 1. The van der Waals surface area contributed by atoms with Gasteiger partial charge in [-0.3, -0.25) is 19.4 Å². The van der Waals surface area contributed by atoms with Gasteiger partial charge in [-0.2, -0.15) is 0 Å². The molecule has 1 fully saturated rings. The first-order valence-electron chi connectivity index (χ1n) is 9.23. The smallest absolute Gasteiger partial charge is 0.221 e. The molecule has 1 aromatic heterocycles. The Labute approximate surface area is 159 Å². The van der Waals surface area contributed by atoms with Gasteiger partial charge in [-0.05, 0) is 38.1 Å². The van der Waals surface area contributed by atoms with Crippen LogP contribution in [0.15, 0.2) is 34.9 Å². The summed E-state index contributed by atoms with van der Waals surface area (Å²) in [4.78, 5) is 28.4. The molecule has 2 heterocycles. The van der Waals surface area contributed by atoms with E-state index in [1.54, 1.807) is 24.3 Å². The van der Waals surface area contributed by atoms with Crippen molar-refractivity contribution >= 4 is 17.4 Å². The zero-order valence-corrected chi connectivity index (χ0v) is 16.1. The number of Topliss-reactive ketones (excluding diaryl/α,β-unsaturated/α-hetero) is 1. The fourth-order valence-corrected chi connectivity index (χ4v) is 3.35. The number of carbonyl (C=O) groups excluding carboxylic acids is 2. The molecule has 1 aliphatic heterocycles. The lowest BCUT2D eigenvalue weighted by Gasteiger charge is -2.37. The van der Waals surface area contributed by atoms with Crippen LogP contribution in [0.1, 0.15) is 35.7 Å². The Hall–Kier alpha value is -2.51. The number of hydrogen-bond acceptors (Lipinski definition) is 6. The molecule has 7 nitrogen and oxygen atoms in total. The van der Waals surface area contributed by atoms with Crippen LogP contribution in [-0.4, -0.2) is 58.9 Å². The van der Waals surface area contributed by atoms with Gasteiger partial charge in [0.1, 0.15) is 0 Å². The predicted molar refractivity (Wildman–Crippen MR) is 103 cm³/mol. The van der Waals surface area contributed by atoms with E-state index in [2.05, 4.69) is 20.3 Å². The Bertz CT molecular complexity index is 792. The van der Waals surface area contributed by atoms with Gasteiger partial charge in [0.25, 0.3) is 0 Å². The fraction of sp³-hybridized carbons (Fsp3) is 0.450. The van der Waals surface area contributed by atoms with E-state index in [0.717, 1.165) is 44.2 Å². The van der Waals surface area contributed by atoms with Crippen molar-refractivity contribution in [3.63, 3.8) is 0 Å². The number of piperazine rings is 1. The summed E-state index contributed by atoms with van der Waals surface area (Å²) in [6.45, 7) is 9.54. The number of carbonyl (C=O) groups is 2. The summed E-state index contributed by atoms with van der Waals surface area (Å²) in [7, 11) is 0. The Morgan fingerprint density at radius 3 is 2.41 bits per heavy atom.